The number of para-hydroxylation sites is 1. The molecular weight excluding hydrogens is 418 g/mol. The van der Waals surface area contributed by atoms with Crippen molar-refractivity contribution in [2.24, 2.45) is 5.16 Å². The van der Waals surface area contributed by atoms with E-state index in [4.69, 9.17) is 9.57 Å². The van der Waals surface area contributed by atoms with Crippen molar-refractivity contribution in [3.63, 3.8) is 0 Å². The van der Waals surface area contributed by atoms with Crippen LogP contribution in [0.15, 0.2) is 58.6 Å². The van der Waals surface area contributed by atoms with E-state index in [0.717, 1.165) is 27.5 Å². The number of carbonyl (C=O) groups excluding carboxylic acids is 1. The maximum absolute atomic E-state index is 13.1. The van der Waals surface area contributed by atoms with Gasteiger partial charge in [-0.25, -0.2) is 9.78 Å². The van der Waals surface area contributed by atoms with Gasteiger partial charge in [0.1, 0.15) is 5.52 Å². The number of benzene rings is 2. The Labute approximate surface area is 182 Å². The van der Waals surface area contributed by atoms with E-state index in [-0.39, 0.29) is 17.7 Å². The molecule has 6 nitrogen and oxygen atoms in total. The quantitative estimate of drug-likeness (QED) is 0.443. The monoisotopic (exact) mass is 440 g/mol. The number of ether oxygens (including phenoxy) is 1. The first-order chi connectivity index (χ1) is 14.7. The third kappa shape index (κ3) is 4.66. The molecule has 1 saturated heterocycles. The molecule has 0 bridgehead atoms. The number of thioether (sulfide) groups is 1. The van der Waals surface area contributed by atoms with Crippen LogP contribution in [0.1, 0.15) is 24.8 Å². The second-order valence-corrected chi connectivity index (χ2v) is 9.80. The lowest BCUT2D eigenvalue weighted by Gasteiger charge is -2.08. The van der Waals surface area contributed by atoms with Crippen LogP contribution < -0.4 is 10.3 Å². The number of H-pyrrole nitrogens is 1. The van der Waals surface area contributed by atoms with E-state index in [0.29, 0.717) is 18.3 Å². The van der Waals surface area contributed by atoms with Crippen molar-refractivity contribution in [3.8, 4) is 0 Å². The summed E-state index contributed by atoms with van der Waals surface area (Å²) in [5.41, 5.74) is 1.97. The van der Waals surface area contributed by atoms with Gasteiger partial charge in [0.15, 0.2) is 11.8 Å². The van der Waals surface area contributed by atoms with Crippen LogP contribution in [0.25, 0.3) is 10.2 Å². The molecule has 2 aromatic carbocycles. The molecule has 5 rings (SSSR count). The first kappa shape index (κ1) is 19.5. The highest BCUT2D eigenvalue weighted by Crippen LogP contribution is 2.39. The molecule has 1 saturated carbocycles. The Morgan fingerprint density at radius 2 is 2.00 bits per heavy atom. The molecule has 0 radical (unpaired) electrons. The summed E-state index contributed by atoms with van der Waals surface area (Å²) in [6, 6.07) is 15.9. The number of hydrogen-bond donors (Lipinski definition) is 1. The summed E-state index contributed by atoms with van der Waals surface area (Å²) in [6.45, 7) is 1.16. The molecule has 1 atom stereocenters. The van der Waals surface area contributed by atoms with Crippen LogP contribution in [0.5, 0.6) is 0 Å². The number of anilines is 1. The number of hydrogen-bond acceptors (Lipinski definition) is 6. The zero-order valence-electron chi connectivity index (χ0n) is 16.3. The van der Waals surface area contributed by atoms with Crippen LogP contribution in [0.4, 0.5) is 5.13 Å². The summed E-state index contributed by atoms with van der Waals surface area (Å²) in [6.07, 6.45) is 3.22. The molecule has 1 aliphatic heterocycles. The van der Waals surface area contributed by atoms with Crippen molar-refractivity contribution in [1.29, 1.82) is 0 Å². The Kier molecular flexibility index (Phi) is 5.70. The average molecular weight is 441 g/mol. The minimum atomic E-state index is -0.306. The average Bonchev–Trinajstić information content (AvgIpc) is 3.24. The standard InChI is InChI=1S/C22H21N3O3S2/c26-21(24-22-23-18-3-1-2-4-19(18)30-22)20(25-28-15-11-12-27-13-15)14-5-7-16(8-6-14)29-17-9-10-17/h1-8,15,17H,9-13H2,(H,23,24,26)/p+1/b25-20+/t15-/m1/s1. The third-order valence-electron chi connectivity index (χ3n) is 4.93. The third-order valence-corrected chi connectivity index (χ3v) is 7.26. The highest BCUT2D eigenvalue weighted by Gasteiger charge is 2.26. The number of amides is 1. The summed E-state index contributed by atoms with van der Waals surface area (Å²) in [5, 5.41) is 8.58. The van der Waals surface area contributed by atoms with Gasteiger partial charge in [0, 0.05) is 22.1 Å². The Hall–Kier alpha value is -2.42. The van der Waals surface area contributed by atoms with Gasteiger partial charge in [-0.2, -0.15) is 5.32 Å². The van der Waals surface area contributed by atoms with Crippen molar-refractivity contribution in [1.82, 2.24) is 0 Å². The van der Waals surface area contributed by atoms with Crippen molar-refractivity contribution in [2.75, 3.05) is 18.5 Å². The molecular formula is C22H22N3O3S2+. The summed E-state index contributed by atoms with van der Waals surface area (Å²) in [4.78, 5) is 23.2. The number of aromatic amines is 1. The second-order valence-electron chi connectivity index (χ2n) is 7.38. The van der Waals surface area contributed by atoms with Crippen molar-refractivity contribution >= 4 is 50.1 Å². The summed E-state index contributed by atoms with van der Waals surface area (Å²) >= 11 is 3.38. The molecule has 1 aliphatic carbocycles. The van der Waals surface area contributed by atoms with Crippen LogP contribution in [-0.4, -0.2) is 36.2 Å². The number of fused-ring (bicyclic) bond motifs is 1. The molecule has 154 valence electrons. The minimum Gasteiger partial charge on any atom is -0.389 e. The number of carbonyl (C=O) groups is 1. The summed E-state index contributed by atoms with van der Waals surface area (Å²) < 4.78 is 6.42. The van der Waals surface area contributed by atoms with Gasteiger partial charge in [-0.3, -0.25) is 0 Å². The van der Waals surface area contributed by atoms with Gasteiger partial charge in [0.25, 0.3) is 0 Å². The van der Waals surface area contributed by atoms with Crippen LogP contribution in [-0.2, 0) is 14.4 Å². The van der Waals surface area contributed by atoms with Gasteiger partial charge < -0.3 is 9.57 Å². The number of nitrogens with zero attached hydrogens (tertiary/aromatic N) is 1. The lowest BCUT2D eigenvalue weighted by molar-refractivity contribution is -0.321. The van der Waals surface area contributed by atoms with E-state index in [1.165, 1.54) is 29.1 Å². The lowest BCUT2D eigenvalue weighted by Crippen LogP contribution is -2.27. The van der Waals surface area contributed by atoms with E-state index < -0.39 is 0 Å². The number of thiazole rings is 1. The minimum absolute atomic E-state index is 0.117. The van der Waals surface area contributed by atoms with Crippen LogP contribution in [0.3, 0.4) is 0 Å². The Morgan fingerprint density at radius 1 is 1.17 bits per heavy atom. The van der Waals surface area contributed by atoms with E-state index in [2.05, 4.69) is 15.5 Å². The van der Waals surface area contributed by atoms with Crippen molar-refractivity contribution < 1.29 is 19.4 Å². The molecule has 2 fully saturated rings. The molecule has 8 heteroatoms. The molecule has 3 aromatic rings. The SMILES string of the molecule is O=C(Nc1[nH+]c2ccccc2s1)/C(=N/O[C@@H]1CCOC1)c1ccc(SC2CC2)cc1. The van der Waals surface area contributed by atoms with E-state index in [1.807, 2.05) is 60.3 Å². The van der Waals surface area contributed by atoms with Crippen LogP contribution in [0, 0.1) is 0 Å². The zero-order chi connectivity index (χ0) is 20.3. The van der Waals surface area contributed by atoms with E-state index >= 15 is 0 Å². The number of rotatable bonds is 7. The smallest absolute Gasteiger partial charge is 0.362 e. The maximum Gasteiger partial charge on any atom is 0.362 e. The number of aromatic nitrogens is 1. The van der Waals surface area contributed by atoms with Gasteiger partial charge in [-0.05, 0) is 48.4 Å². The molecule has 0 spiro atoms. The number of nitrogens with one attached hydrogen (secondary N) is 2. The Morgan fingerprint density at radius 3 is 2.73 bits per heavy atom. The van der Waals surface area contributed by atoms with Gasteiger partial charge in [0.2, 0.25) is 0 Å². The largest absolute Gasteiger partial charge is 0.389 e. The fourth-order valence-corrected chi connectivity index (χ4v) is 5.10. The molecule has 0 unspecified atom stereocenters. The van der Waals surface area contributed by atoms with Gasteiger partial charge in [0.05, 0.1) is 17.9 Å². The molecule has 1 aromatic heterocycles. The Bertz CT molecular complexity index is 1040. The predicted molar refractivity (Wildman–Crippen MR) is 119 cm³/mol. The zero-order valence-corrected chi connectivity index (χ0v) is 17.9. The molecule has 2 N–H and O–H groups in total. The normalized spacial score (nSPS) is 19.2. The predicted octanol–water partition coefficient (Wildman–Crippen LogP) is 4.12. The Balaban J connectivity index is 1.37. The summed E-state index contributed by atoms with van der Waals surface area (Å²) in [5.74, 6) is -0.306. The van der Waals surface area contributed by atoms with E-state index in [9.17, 15) is 4.79 Å². The lowest BCUT2D eigenvalue weighted by atomic mass is 10.1. The second kappa shape index (κ2) is 8.75. The topological polar surface area (TPSA) is 74.1 Å². The fraction of sp³-hybridized carbons (Fsp3) is 0.318. The fourth-order valence-electron chi connectivity index (χ4n) is 3.15. The molecule has 2 aliphatic rings. The summed E-state index contributed by atoms with van der Waals surface area (Å²) in [7, 11) is 0. The maximum atomic E-state index is 13.1. The first-order valence-electron chi connectivity index (χ1n) is 10.1. The van der Waals surface area contributed by atoms with Gasteiger partial charge in [-0.15, -0.1) is 11.8 Å². The first-order valence-corrected chi connectivity index (χ1v) is 11.7. The van der Waals surface area contributed by atoms with Gasteiger partial charge >= 0.3 is 11.0 Å². The van der Waals surface area contributed by atoms with Crippen LogP contribution in [0.2, 0.25) is 0 Å². The highest BCUT2D eigenvalue weighted by atomic mass is 32.2. The molecule has 30 heavy (non-hydrogen) atoms. The molecule has 1 amide bonds. The van der Waals surface area contributed by atoms with E-state index in [1.54, 1.807) is 0 Å². The van der Waals surface area contributed by atoms with Gasteiger partial charge in [-0.1, -0.05) is 29.4 Å². The number of oxime groups is 1. The molecule has 2 heterocycles. The van der Waals surface area contributed by atoms with Crippen LogP contribution >= 0.6 is 23.1 Å². The van der Waals surface area contributed by atoms with Crippen molar-refractivity contribution in [2.45, 2.75) is 35.5 Å². The highest BCUT2D eigenvalue weighted by molar-refractivity contribution is 8.00. The van der Waals surface area contributed by atoms with Crippen molar-refractivity contribution in [3.05, 3.63) is 54.1 Å².